The van der Waals surface area contributed by atoms with Crippen LogP contribution in [-0.4, -0.2) is 44.9 Å². The number of hydrogen-bond acceptors (Lipinski definition) is 7. The fourth-order valence-electron chi connectivity index (χ4n) is 2.74. The number of aromatic nitrogens is 5. The van der Waals surface area contributed by atoms with Gasteiger partial charge in [0.25, 0.3) is 5.91 Å². The van der Waals surface area contributed by atoms with Crippen LogP contribution in [0.2, 0.25) is 0 Å². The molecule has 9 nitrogen and oxygen atoms in total. The standard InChI is InChI=1S/C19H22N6O3/c1-5-25-18(20-11-21-25)12(2)22-19(26)14-8-6-7-13(9-14)17-23-15(27-3)10-16(24-17)28-4/h6-12H,5H2,1-4H3,(H,22,26)/t12-/m0/s1. The second-order valence-corrected chi connectivity index (χ2v) is 5.99. The number of carbonyl (C=O) groups is 1. The van der Waals surface area contributed by atoms with Crippen molar-refractivity contribution in [1.29, 1.82) is 0 Å². The number of hydrogen-bond donors (Lipinski definition) is 1. The maximum atomic E-state index is 12.7. The van der Waals surface area contributed by atoms with Crippen LogP contribution in [0.1, 0.15) is 36.1 Å². The zero-order valence-electron chi connectivity index (χ0n) is 16.2. The van der Waals surface area contributed by atoms with Crippen molar-refractivity contribution >= 4 is 5.91 Å². The van der Waals surface area contributed by atoms with Crippen LogP contribution in [0.15, 0.2) is 36.7 Å². The van der Waals surface area contributed by atoms with E-state index in [2.05, 4.69) is 25.4 Å². The van der Waals surface area contributed by atoms with Crippen molar-refractivity contribution in [3.63, 3.8) is 0 Å². The second kappa shape index (κ2) is 8.47. The van der Waals surface area contributed by atoms with Gasteiger partial charge in [-0.15, -0.1) is 0 Å². The number of nitrogens with zero attached hydrogens (tertiary/aromatic N) is 5. The number of amides is 1. The summed E-state index contributed by atoms with van der Waals surface area (Å²) in [6.07, 6.45) is 1.48. The molecule has 146 valence electrons. The van der Waals surface area contributed by atoms with Crippen LogP contribution in [0.25, 0.3) is 11.4 Å². The normalized spacial score (nSPS) is 11.7. The molecule has 0 saturated heterocycles. The quantitative estimate of drug-likeness (QED) is 0.668. The van der Waals surface area contributed by atoms with Gasteiger partial charge in [-0.25, -0.2) is 9.67 Å². The summed E-state index contributed by atoms with van der Waals surface area (Å²) >= 11 is 0. The van der Waals surface area contributed by atoms with E-state index >= 15 is 0 Å². The van der Waals surface area contributed by atoms with E-state index in [1.165, 1.54) is 20.5 Å². The minimum atomic E-state index is -0.285. The molecule has 0 spiro atoms. The highest BCUT2D eigenvalue weighted by Gasteiger charge is 2.17. The molecule has 1 N–H and O–H groups in total. The summed E-state index contributed by atoms with van der Waals surface area (Å²) in [5.41, 5.74) is 1.16. The summed E-state index contributed by atoms with van der Waals surface area (Å²) in [6, 6.07) is 8.35. The van der Waals surface area contributed by atoms with Gasteiger partial charge in [-0.1, -0.05) is 12.1 Å². The van der Waals surface area contributed by atoms with Crippen LogP contribution >= 0.6 is 0 Å². The van der Waals surface area contributed by atoms with Crippen molar-refractivity contribution in [1.82, 2.24) is 30.0 Å². The summed E-state index contributed by atoms with van der Waals surface area (Å²) in [4.78, 5) is 25.6. The van der Waals surface area contributed by atoms with Crippen molar-refractivity contribution in [2.45, 2.75) is 26.4 Å². The number of aryl methyl sites for hydroxylation is 1. The molecule has 2 heterocycles. The monoisotopic (exact) mass is 382 g/mol. The summed E-state index contributed by atoms with van der Waals surface area (Å²) in [7, 11) is 3.04. The van der Waals surface area contributed by atoms with Crippen molar-refractivity contribution in [2.75, 3.05) is 14.2 Å². The lowest BCUT2D eigenvalue weighted by atomic mass is 10.1. The van der Waals surface area contributed by atoms with Gasteiger partial charge in [0.2, 0.25) is 11.8 Å². The third-order valence-electron chi connectivity index (χ3n) is 4.16. The fraction of sp³-hybridized carbons (Fsp3) is 0.316. The Morgan fingerprint density at radius 1 is 1.18 bits per heavy atom. The molecule has 2 aromatic heterocycles. The molecule has 28 heavy (non-hydrogen) atoms. The molecular weight excluding hydrogens is 360 g/mol. The molecule has 3 rings (SSSR count). The van der Waals surface area contributed by atoms with Crippen LogP contribution in [0.4, 0.5) is 0 Å². The van der Waals surface area contributed by atoms with Gasteiger partial charge in [-0.2, -0.15) is 15.1 Å². The molecule has 0 fully saturated rings. The molecule has 0 aliphatic carbocycles. The molecule has 0 aliphatic rings. The minimum absolute atomic E-state index is 0.227. The van der Waals surface area contributed by atoms with Gasteiger partial charge in [0.15, 0.2) is 5.82 Å². The van der Waals surface area contributed by atoms with Crippen molar-refractivity contribution in [2.24, 2.45) is 0 Å². The average Bonchev–Trinajstić information content (AvgIpc) is 3.22. The molecule has 9 heteroatoms. The molecular formula is C19H22N6O3. The third kappa shape index (κ3) is 4.08. The van der Waals surface area contributed by atoms with E-state index in [0.717, 1.165) is 0 Å². The molecule has 0 bridgehead atoms. The Morgan fingerprint density at radius 2 is 1.89 bits per heavy atom. The van der Waals surface area contributed by atoms with Gasteiger partial charge in [0.1, 0.15) is 12.2 Å². The number of nitrogens with one attached hydrogen (secondary N) is 1. The fourth-order valence-corrected chi connectivity index (χ4v) is 2.74. The Hall–Kier alpha value is -3.49. The Balaban J connectivity index is 1.84. The van der Waals surface area contributed by atoms with Gasteiger partial charge in [-0.05, 0) is 26.0 Å². The molecule has 1 atom stereocenters. The van der Waals surface area contributed by atoms with Crippen LogP contribution in [0.3, 0.4) is 0 Å². The lowest BCUT2D eigenvalue weighted by Gasteiger charge is -2.14. The number of rotatable bonds is 7. The molecule has 0 aliphatic heterocycles. The molecule has 3 aromatic rings. The van der Waals surface area contributed by atoms with Crippen LogP contribution in [-0.2, 0) is 6.54 Å². The predicted octanol–water partition coefficient (Wildman–Crippen LogP) is 2.26. The van der Waals surface area contributed by atoms with Gasteiger partial charge >= 0.3 is 0 Å². The van der Waals surface area contributed by atoms with Crippen molar-refractivity contribution < 1.29 is 14.3 Å². The van der Waals surface area contributed by atoms with Crippen molar-refractivity contribution in [3.05, 3.63) is 48.0 Å². The van der Waals surface area contributed by atoms with Crippen LogP contribution in [0, 0.1) is 0 Å². The summed E-state index contributed by atoms with van der Waals surface area (Å²) in [5, 5.41) is 7.08. The lowest BCUT2D eigenvalue weighted by Crippen LogP contribution is -2.28. The maximum Gasteiger partial charge on any atom is 0.251 e. The molecule has 1 amide bonds. The first-order valence-electron chi connectivity index (χ1n) is 8.81. The highest BCUT2D eigenvalue weighted by molar-refractivity contribution is 5.95. The van der Waals surface area contributed by atoms with E-state index < -0.39 is 0 Å². The number of carbonyl (C=O) groups excluding carboxylic acids is 1. The van der Waals surface area contributed by atoms with E-state index in [9.17, 15) is 4.79 Å². The number of methoxy groups -OCH3 is 2. The summed E-state index contributed by atoms with van der Waals surface area (Å²) < 4.78 is 12.1. The molecule has 1 aromatic carbocycles. The molecule has 0 radical (unpaired) electrons. The zero-order chi connectivity index (χ0) is 20.1. The van der Waals surface area contributed by atoms with Crippen LogP contribution in [0.5, 0.6) is 11.8 Å². The Bertz CT molecular complexity index is 950. The van der Waals surface area contributed by atoms with E-state index in [4.69, 9.17) is 9.47 Å². The first-order valence-corrected chi connectivity index (χ1v) is 8.81. The summed E-state index contributed by atoms with van der Waals surface area (Å²) in [5.74, 6) is 1.64. The van der Waals surface area contributed by atoms with Gasteiger partial charge in [-0.3, -0.25) is 4.79 Å². The highest BCUT2D eigenvalue weighted by Crippen LogP contribution is 2.23. The van der Waals surface area contributed by atoms with Crippen molar-refractivity contribution in [3.8, 4) is 23.1 Å². The van der Waals surface area contributed by atoms with E-state index in [1.807, 2.05) is 19.9 Å². The van der Waals surface area contributed by atoms with Crippen LogP contribution < -0.4 is 14.8 Å². The van der Waals surface area contributed by atoms with E-state index in [0.29, 0.717) is 41.1 Å². The largest absolute Gasteiger partial charge is 0.481 e. The average molecular weight is 382 g/mol. The summed E-state index contributed by atoms with van der Waals surface area (Å²) in [6.45, 7) is 4.52. The van der Waals surface area contributed by atoms with Gasteiger partial charge in [0, 0.05) is 17.7 Å². The number of ether oxygens (including phenoxy) is 2. The highest BCUT2D eigenvalue weighted by atomic mass is 16.5. The molecule has 0 saturated carbocycles. The van der Waals surface area contributed by atoms with E-state index in [1.54, 1.807) is 28.9 Å². The Morgan fingerprint density at radius 3 is 2.54 bits per heavy atom. The topological polar surface area (TPSA) is 104 Å². The number of benzene rings is 1. The maximum absolute atomic E-state index is 12.7. The van der Waals surface area contributed by atoms with Gasteiger partial charge in [0.05, 0.1) is 26.3 Å². The molecule has 0 unspecified atom stereocenters. The first kappa shape index (κ1) is 19.3. The minimum Gasteiger partial charge on any atom is -0.481 e. The third-order valence-corrected chi connectivity index (χ3v) is 4.16. The zero-order valence-corrected chi connectivity index (χ0v) is 16.2. The van der Waals surface area contributed by atoms with E-state index in [-0.39, 0.29) is 11.9 Å². The first-order chi connectivity index (χ1) is 13.5. The van der Waals surface area contributed by atoms with Gasteiger partial charge < -0.3 is 14.8 Å². The smallest absolute Gasteiger partial charge is 0.251 e. The SMILES string of the molecule is CCn1ncnc1[C@H](C)NC(=O)c1cccc(-c2nc(OC)cc(OC)n2)c1. The Labute approximate surface area is 162 Å². The second-order valence-electron chi connectivity index (χ2n) is 5.99. The lowest BCUT2D eigenvalue weighted by molar-refractivity contribution is 0.0937. The predicted molar refractivity (Wildman–Crippen MR) is 102 cm³/mol. The Kier molecular flexibility index (Phi) is 5.83.